The zero-order valence-corrected chi connectivity index (χ0v) is 15.5. The van der Waals surface area contributed by atoms with Gasteiger partial charge in [0.25, 0.3) is 0 Å². The van der Waals surface area contributed by atoms with Crippen LogP contribution in [0.5, 0.6) is 5.75 Å². The second kappa shape index (κ2) is 9.03. The lowest BCUT2D eigenvalue weighted by molar-refractivity contribution is -0.142. The minimum absolute atomic E-state index is 0.156. The van der Waals surface area contributed by atoms with E-state index in [4.69, 9.17) is 4.74 Å². The van der Waals surface area contributed by atoms with Gasteiger partial charge in [0.1, 0.15) is 5.75 Å². The normalized spacial score (nSPS) is 10.5. The van der Waals surface area contributed by atoms with E-state index in [1.807, 2.05) is 31.2 Å². The molecule has 2 rings (SSSR count). The van der Waals surface area contributed by atoms with E-state index in [1.54, 1.807) is 24.3 Å². The third kappa shape index (κ3) is 5.76. The third-order valence-electron chi connectivity index (χ3n) is 3.36. The van der Waals surface area contributed by atoms with Gasteiger partial charge in [-0.2, -0.15) is 0 Å². The summed E-state index contributed by atoms with van der Waals surface area (Å²) in [5, 5.41) is 2.81. The van der Waals surface area contributed by atoms with Crippen molar-refractivity contribution in [1.29, 1.82) is 0 Å². The molecule has 130 valence electrons. The molecule has 1 amide bonds. The lowest BCUT2D eigenvalue weighted by Gasteiger charge is -2.10. The van der Waals surface area contributed by atoms with Crippen molar-refractivity contribution in [3.8, 4) is 5.75 Å². The standard InChI is InChI=1S/C19H18BrNO4/c1-13-11-15(25-12-19(23)24-2)8-9-17(13)21-18(22)10-7-14-5-3-4-6-16(14)20/h3-11H,12H2,1-2H3,(H,21,22)/b10-7-. The monoisotopic (exact) mass is 403 g/mol. The van der Waals surface area contributed by atoms with Crippen LogP contribution in [0.4, 0.5) is 5.69 Å². The van der Waals surface area contributed by atoms with E-state index >= 15 is 0 Å². The molecule has 2 aromatic rings. The summed E-state index contributed by atoms with van der Waals surface area (Å²) in [5.74, 6) is -0.154. The molecule has 5 nitrogen and oxygen atoms in total. The fourth-order valence-electron chi connectivity index (χ4n) is 2.02. The van der Waals surface area contributed by atoms with Crippen LogP contribution in [0.3, 0.4) is 0 Å². The summed E-state index contributed by atoms with van der Waals surface area (Å²) in [6.07, 6.45) is 3.21. The lowest BCUT2D eigenvalue weighted by Crippen LogP contribution is -2.13. The maximum absolute atomic E-state index is 12.1. The van der Waals surface area contributed by atoms with Gasteiger partial charge < -0.3 is 14.8 Å². The van der Waals surface area contributed by atoms with Gasteiger partial charge in [-0.1, -0.05) is 34.1 Å². The Kier molecular flexibility index (Phi) is 6.77. The van der Waals surface area contributed by atoms with Crippen molar-refractivity contribution in [2.45, 2.75) is 6.92 Å². The number of carbonyl (C=O) groups is 2. The van der Waals surface area contributed by atoms with E-state index in [9.17, 15) is 9.59 Å². The highest BCUT2D eigenvalue weighted by Gasteiger charge is 2.06. The molecule has 6 heteroatoms. The first-order chi connectivity index (χ1) is 12.0. The van der Waals surface area contributed by atoms with Crippen LogP contribution in [-0.2, 0) is 14.3 Å². The molecule has 1 N–H and O–H groups in total. The molecule has 0 aromatic heterocycles. The molecule has 0 heterocycles. The van der Waals surface area contributed by atoms with Crippen molar-refractivity contribution < 1.29 is 19.1 Å². The molecule has 0 atom stereocenters. The van der Waals surface area contributed by atoms with Gasteiger partial charge in [0.2, 0.25) is 5.91 Å². The average Bonchev–Trinajstić information content (AvgIpc) is 2.61. The van der Waals surface area contributed by atoms with Crippen LogP contribution in [0.15, 0.2) is 53.0 Å². The van der Waals surface area contributed by atoms with Crippen molar-refractivity contribution in [2.75, 3.05) is 19.0 Å². The van der Waals surface area contributed by atoms with Gasteiger partial charge >= 0.3 is 5.97 Å². The van der Waals surface area contributed by atoms with Gasteiger partial charge in [-0.3, -0.25) is 4.79 Å². The van der Waals surface area contributed by atoms with Crippen molar-refractivity contribution >= 4 is 39.6 Å². The number of nitrogens with one attached hydrogen (secondary N) is 1. The van der Waals surface area contributed by atoms with Gasteiger partial charge in [0.05, 0.1) is 7.11 Å². The summed E-state index contributed by atoms with van der Waals surface area (Å²) in [7, 11) is 1.30. The van der Waals surface area contributed by atoms with Gasteiger partial charge in [0.15, 0.2) is 6.61 Å². The summed E-state index contributed by atoms with van der Waals surface area (Å²) in [4.78, 5) is 23.2. The Labute approximate surface area is 154 Å². The summed E-state index contributed by atoms with van der Waals surface area (Å²) in [5.41, 5.74) is 2.41. The maximum Gasteiger partial charge on any atom is 0.343 e. The van der Waals surface area contributed by atoms with E-state index in [1.165, 1.54) is 13.2 Å². The van der Waals surface area contributed by atoms with E-state index in [0.29, 0.717) is 11.4 Å². The summed E-state index contributed by atoms with van der Waals surface area (Å²) < 4.78 is 10.7. The number of halogens is 1. The lowest BCUT2D eigenvalue weighted by atomic mass is 10.2. The molecule has 0 aliphatic heterocycles. The zero-order valence-electron chi connectivity index (χ0n) is 13.9. The Hall–Kier alpha value is -2.60. The molecule has 0 bridgehead atoms. The number of amides is 1. The maximum atomic E-state index is 12.1. The highest BCUT2D eigenvalue weighted by Crippen LogP contribution is 2.22. The third-order valence-corrected chi connectivity index (χ3v) is 4.08. The van der Waals surface area contributed by atoms with Gasteiger partial charge in [-0.15, -0.1) is 0 Å². The number of benzene rings is 2. The fourth-order valence-corrected chi connectivity index (χ4v) is 2.43. The Bertz CT molecular complexity index is 802. The Morgan fingerprint density at radius 3 is 2.64 bits per heavy atom. The Morgan fingerprint density at radius 1 is 1.20 bits per heavy atom. The second-order valence-electron chi connectivity index (χ2n) is 5.19. The first-order valence-corrected chi connectivity index (χ1v) is 8.33. The largest absolute Gasteiger partial charge is 0.482 e. The van der Waals surface area contributed by atoms with Crippen LogP contribution in [0.25, 0.3) is 6.08 Å². The minimum atomic E-state index is -0.452. The number of hydrogen-bond acceptors (Lipinski definition) is 4. The highest BCUT2D eigenvalue weighted by molar-refractivity contribution is 9.10. The number of anilines is 1. The summed E-state index contributed by atoms with van der Waals surface area (Å²) >= 11 is 3.43. The van der Waals surface area contributed by atoms with Crippen LogP contribution in [0.1, 0.15) is 11.1 Å². The van der Waals surface area contributed by atoms with Crippen LogP contribution >= 0.6 is 15.9 Å². The van der Waals surface area contributed by atoms with Crippen molar-refractivity contribution in [3.63, 3.8) is 0 Å². The smallest absolute Gasteiger partial charge is 0.343 e. The molecule has 0 fully saturated rings. The van der Waals surface area contributed by atoms with Crippen LogP contribution < -0.4 is 10.1 Å². The van der Waals surface area contributed by atoms with Crippen molar-refractivity contribution in [3.05, 3.63) is 64.1 Å². The van der Waals surface area contributed by atoms with E-state index in [2.05, 4.69) is 26.0 Å². The fraction of sp³-hybridized carbons (Fsp3) is 0.158. The predicted molar refractivity (Wildman–Crippen MR) is 100 cm³/mol. The molecule has 0 aliphatic rings. The highest BCUT2D eigenvalue weighted by atomic mass is 79.9. The molecule has 0 aliphatic carbocycles. The number of hydrogen-bond donors (Lipinski definition) is 1. The average molecular weight is 404 g/mol. The number of esters is 1. The zero-order chi connectivity index (χ0) is 18.2. The van der Waals surface area contributed by atoms with Crippen LogP contribution in [0, 0.1) is 6.92 Å². The van der Waals surface area contributed by atoms with Crippen molar-refractivity contribution in [1.82, 2.24) is 0 Å². The molecule has 0 radical (unpaired) electrons. The topological polar surface area (TPSA) is 64.6 Å². The molecular formula is C19H18BrNO4. The quantitative estimate of drug-likeness (QED) is 0.585. The van der Waals surface area contributed by atoms with Gasteiger partial charge in [-0.25, -0.2) is 4.79 Å². The predicted octanol–water partition coefficient (Wildman–Crippen LogP) is 3.96. The molecule has 0 saturated carbocycles. The first-order valence-electron chi connectivity index (χ1n) is 7.53. The molecule has 0 spiro atoms. The molecule has 0 saturated heterocycles. The van der Waals surface area contributed by atoms with Gasteiger partial charge in [0, 0.05) is 16.2 Å². The summed E-state index contributed by atoms with van der Waals surface area (Å²) in [6, 6.07) is 12.8. The SMILES string of the molecule is COC(=O)COc1ccc(NC(=O)/C=C\c2ccccc2Br)c(C)c1. The molecule has 25 heavy (non-hydrogen) atoms. The minimum Gasteiger partial charge on any atom is -0.482 e. The van der Waals surface area contributed by atoms with Crippen LogP contribution in [0.2, 0.25) is 0 Å². The number of ether oxygens (including phenoxy) is 2. The van der Waals surface area contributed by atoms with Crippen molar-refractivity contribution in [2.24, 2.45) is 0 Å². The molecule has 0 unspecified atom stereocenters. The number of aryl methyl sites for hydroxylation is 1. The van der Waals surface area contributed by atoms with E-state index in [-0.39, 0.29) is 12.5 Å². The number of carbonyl (C=O) groups excluding carboxylic acids is 2. The Morgan fingerprint density at radius 2 is 1.96 bits per heavy atom. The number of methoxy groups -OCH3 is 1. The summed E-state index contributed by atoms with van der Waals surface area (Å²) in [6.45, 7) is 1.69. The Balaban J connectivity index is 1.99. The first kappa shape index (κ1) is 18.7. The van der Waals surface area contributed by atoms with Gasteiger partial charge in [-0.05, 0) is 48.4 Å². The molecular weight excluding hydrogens is 386 g/mol. The van der Waals surface area contributed by atoms with E-state index in [0.717, 1.165) is 15.6 Å². The van der Waals surface area contributed by atoms with Crippen LogP contribution in [-0.4, -0.2) is 25.6 Å². The second-order valence-corrected chi connectivity index (χ2v) is 6.04. The van der Waals surface area contributed by atoms with E-state index < -0.39 is 5.97 Å². The molecule has 2 aromatic carbocycles. The number of rotatable bonds is 6.